The first-order valence-electron chi connectivity index (χ1n) is 6.15. The lowest BCUT2D eigenvalue weighted by Gasteiger charge is -2.06. The Labute approximate surface area is 114 Å². The zero-order valence-corrected chi connectivity index (χ0v) is 10.9. The van der Waals surface area contributed by atoms with E-state index in [-0.39, 0.29) is 5.69 Å². The molecule has 0 bridgehead atoms. The Balaban J connectivity index is 1.97. The molecule has 0 aliphatic heterocycles. The van der Waals surface area contributed by atoms with Crippen LogP contribution in [0.25, 0.3) is 0 Å². The fourth-order valence-corrected chi connectivity index (χ4v) is 1.64. The fourth-order valence-electron chi connectivity index (χ4n) is 1.64. The first kappa shape index (κ1) is 14.0. The summed E-state index contributed by atoms with van der Waals surface area (Å²) in [5.41, 5.74) is -0.100. The minimum Gasteiger partial charge on any atom is -0.305 e. The van der Waals surface area contributed by atoms with Crippen LogP contribution in [0, 0.1) is 11.6 Å². The van der Waals surface area contributed by atoms with Crippen molar-refractivity contribution in [2.75, 3.05) is 10.6 Å². The lowest BCUT2D eigenvalue weighted by Crippen LogP contribution is -2.20. The molecule has 0 atom stereocenters. The van der Waals surface area contributed by atoms with Gasteiger partial charge in [0.2, 0.25) is 0 Å². The van der Waals surface area contributed by atoms with Crippen LogP contribution < -0.4 is 10.6 Å². The molecule has 2 N–H and O–H groups in total. The van der Waals surface area contributed by atoms with E-state index in [1.54, 1.807) is 16.9 Å². The van der Waals surface area contributed by atoms with Gasteiger partial charge in [0.1, 0.15) is 11.6 Å². The molecular formula is C13H14F2N4O. The largest absolute Gasteiger partial charge is 0.324 e. The van der Waals surface area contributed by atoms with Crippen molar-refractivity contribution in [2.45, 2.75) is 19.9 Å². The molecule has 1 heterocycles. The van der Waals surface area contributed by atoms with Gasteiger partial charge in [-0.2, -0.15) is 5.10 Å². The van der Waals surface area contributed by atoms with E-state index in [4.69, 9.17) is 0 Å². The van der Waals surface area contributed by atoms with E-state index in [2.05, 4.69) is 15.7 Å². The number of hydrogen-bond acceptors (Lipinski definition) is 2. The summed E-state index contributed by atoms with van der Waals surface area (Å²) < 4.78 is 27.8. The van der Waals surface area contributed by atoms with E-state index in [1.807, 2.05) is 6.92 Å². The maximum atomic E-state index is 13.4. The molecule has 0 aliphatic rings. The van der Waals surface area contributed by atoms with Crippen molar-refractivity contribution >= 4 is 17.5 Å². The van der Waals surface area contributed by atoms with Gasteiger partial charge in [0.05, 0.1) is 5.69 Å². The Hall–Kier alpha value is -2.44. The number of nitrogens with zero attached hydrogens (tertiary/aromatic N) is 2. The highest BCUT2D eigenvalue weighted by Crippen LogP contribution is 2.15. The van der Waals surface area contributed by atoms with Crippen LogP contribution in [0.5, 0.6) is 0 Å². The number of carbonyl (C=O) groups is 1. The Bertz CT molecular complexity index is 612. The van der Waals surface area contributed by atoms with Crippen LogP contribution in [0.2, 0.25) is 0 Å². The highest BCUT2D eigenvalue weighted by molar-refractivity contribution is 5.99. The van der Waals surface area contributed by atoms with E-state index >= 15 is 0 Å². The average Bonchev–Trinajstić information content (AvgIpc) is 2.81. The van der Waals surface area contributed by atoms with Crippen LogP contribution in [0.1, 0.15) is 13.3 Å². The van der Waals surface area contributed by atoms with E-state index in [1.165, 1.54) is 0 Å². The van der Waals surface area contributed by atoms with Crippen molar-refractivity contribution in [1.29, 1.82) is 0 Å². The van der Waals surface area contributed by atoms with Gasteiger partial charge in [-0.25, -0.2) is 13.6 Å². The van der Waals surface area contributed by atoms with Crippen molar-refractivity contribution in [3.05, 3.63) is 42.1 Å². The first-order valence-corrected chi connectivity index (χ1v) is 6.15. The predicted octanol–water partition coefficient (Wildman–Crippen LogP) is 3.22. The van der Waals surface area contributed by atoms with Crippen LogP contribution in [-0.2, 0) is 6.54 Å². The third-order valence-electron chi connectivity index (χ3n) is 2.51. The van der Waals surface area contributed by atoms with Gasteiger partial charge in [-0.3, -0.25) is 10.00 Å². The molecule has 1 aromatic heterocycles. The molecular weight excluding hydrogens is 266 g/mol. The number of hydrogen-bond donors (Lipinski definition) is 2. The van der Waals surface area contributed by atoms with Gasteiger partial charge in [-0.05, 0) is 18.6 Å². The molecule has 7 heteroatoms. The number of rotatable bonds is 4. The fraction of sp³-hybridized carbons (Fsp3) is 0.231. The van der Waals surface area contributed by atoms with Gasteiger partial charge in [-0.1, -0.05) is 6.92 Å². The highest BCUT2D eigenvalue weighted by Gasteiger charge is 2.09. The first-order chi connectivity index (χ1) is 9.58. The zero-order chi connectivity index (χ0) is 14.5. The lowest BCUT2D eigenvalue weighted by atomic mass is 10.3. The molecule has 106 valence electrons. The highest BCUT2D eigenvalue weighted by atomic mass is 19.1. The summed E-state index contributed by atoms with van der Waals surface area (Å²) in [5, 5.41) is 8.86. The minimum absolute atomic E-state index is 0.100. The van der Waals surface area contributed by atoms with Gasteiger partial charge in [0, 0.05) is 24.9 Å². The van der Waals surface area contributed by atoms with Crippen molar-refractivity contribution in [2.24, 2.45) is 0 Å². The number of urea groups is 1. The molecule has 0 unspecified atom stereocenters. The smallest absolute Gasteiger partial charge is 0.305 e. The third kappa shape index (κ3) is 3.53. The molecule has 0 spiro atoms. The van der Waals surface area contributed by atoms with Gasteiger partial charge in [0.25, 0.3) is 0 Å². The summed E-state index contributed by atoms with van der Waals surface area (Å²) in [6, 6.07) is 3.91. The van der Waals surface area contributed by atoms with Crippen molar-refractivity contribution < 1.29 is 13.6 Å². The molecule has 0 aliphatic carbocycles. The van der Waals surface area contributed by atoms with Crippen LogP contribution >= 0.6 is 0 Å². The molecule has 2 amide bonds. The summed E-state index contributed by atoms with van der Waals surface area (Å²) >= 11 is 0. The average molecular weight is 280 g/mol. The van der Waals surface area contributed by atoms with Crippen molar-refractivity contribution in [1.82, 2.24) is 9.78 Å². The number of aryl methyl sites for hydroxylation is 1. The molecule has 0 fully saturated rings. The predicted molar refractivity (Wildman–Crippen MR) is 71.5 cm³/mol. The monoisotopic (exact) mass is 280 g/mol. The molecule has 0 radical (unpaired) electrons. The number of aromatic nitrogens is 2. The van der Waals surface area contributed by atoms with Crippen LogP contribution in [-0.4, -0.2) is 15.8 Å². The molecule has 0 saturated carbocycles. The number of halogens is 2. The molecule has 1 aromatic carbocycles. The second-order valence-corrected chi connectivity index (χ2v) is 4.17. The van der Waals surface area contributed by atoms with Crippen LogP contribution in [0.3, 0.4) is 0 Å². The summed E-state index contributed by atoms with van der Waals surface area (Å²) in [6.07, 6.45) is 2.66. The minimum atomic E-state index is -0.836. The van der Waals surface area contributed by atoms with Crippen molar-refractivity contribution in [3.63, 3.8) is 0 Å². The maximum absolute atomic E-state index is 13.4. The molecule has 5 nitrogen and oxygen atoms in total. The Kier molecular flexibility index (Phi) is 4.29. The summed E-state index contributed by atoms with van der Waals surface area (Å²) in [5.74, 6) is -1.18. The summed E-state index contributed by atoms with van der Waals surface area (Å²) in [7, 11) is 0. The number of carbonyl (C=O) groups excluding carboxylic acids is 1. The van der Waals surface area contributed by atoms with Gasteiger partial charge in [0.15, 0.2) is 5.82 Å². The van der Waals surface area contributed by atoms with Gasteiger partial charge in [-0.15, -0.1) is 0 Å². The second kappa shape index (κ2) is 6.14. The second-order valence-electron chi connectivity index (χ2n) is 4.17. The van der Waals surface area contributed by atoms with E-state index in [0.717, 1.165) is 25.1 Å². The SMILES string of the molecule is CCCn1ccc(NC(=O)Nc2ccc(F)cc2F)n1. The van der Waals surface area contributed by atoms with Gasteiger partial charge >= 0.3 is 6.03 Å². The Morgan fingerprint density at radius 3 is 2.80 bits per heavy atom. The Morgan fingerprint density at radius 2 is 2.10 bits per heavy atom. The molecule has 0 saturated heterocycles. The number of amides is 2. The topological polar surface area (TPSA) is 59.0 Å². The lowest BCUT2D eigenvalue weighted by molar-refractivity contribution is 0.262. The van der Waals surface area contributed by atoms with Crippen molar-refractivity contribution in [3.8, 4) is 0 Å². The normalized spacial score (nSPS) is 10.3. The molecule has 20 heavy (non-hydrogen) atoms. The third-order valence-corrected chi connectivity index (χ3v) is 2.51. The number of nitrogens with one attached hydrogen (secondary N) is 2. The van der Waals surface area contributed by atoms with E-state index < -0.39 is 17.7 Å². The standard InChI is InChI=1S/C13H14F2N4O/c1-2-6-19-7-5-12(18-19)17-13(20)16-11-4-3-9(14)8-10(11)15/h3-5,7-8H,2,6H2,1H3,(H2,16,17,18,20). The summed E-state index contributed by atoms with van der Waals surface area (Å²) in [4.78, 5) is 11.7. The maximum Gasteiger partial charge on any atom is 0.324 e. The van der Waals surface area contributed by atoms with E-state index in [9.17, 15) is 13.6 Å². The van der Waals surface area contributed by atoms with E-state index in [0.29, 0.717) is 11.9 Å². The number of anilines is 2. The number of benzene rings is 1. The van der Waals surface area contributed by atoms with Crippen LogP contribution in [0.15, 0.2) is 30.5 Å². The van der Waals surface area contributed by atoms with Crippen LogP contribution in [0.4, 0.5) is 25.1 Å². The Morgan fingerprint density at radius 1 is 1.30 bits per heavy atom. The zero-order valence-electron chi connectivity index (χ0n) is 10.9. The summed E-state index contributed by atoms with van der Waals surface area (Å²) in [6.45, 7) is 2.76. The van der Waals surface area contributed by atoms with Gasteiger partial charge < -0.3 is 5.32 Å². The molecule has 2 aromatic rings. The molecule has 2 rings (SSSR count). The quantitative estimate of drug-likeness (QED) is 0.903.